The number of rotatable bonds is 4. The minimum atomic E-state index is -0.425. The van der Waals surface area contributed by atoms with E-state index in [2.05, 4.69) is 10.4 Å². The van der Waals surface area contributed by atoms with E-state index in [1.165, 1.54) is 0 Å². The fourth-order valence-electron chi connectivity index (χ4n) is 3.01. The molecule has 1 unspecified atom stereocenters. The second-order valence-corrected chi connectivity index (χ2v) is 6.01. The van der Waals surface area contributed by atoms with Crippen LogP contribution in [-0.2, 0) is 11.8 Å². The normalized spacial score (nSPS) is 19.7. The molecule has 1 saturated heterocycles. The summed E-state index contributed by atoms with van der Waals surface area (Å²) in [5.74, 6) is -0.117. The molecule has 0 saturated carbocycles. The number of aryl methyl sites for hydroxylation is 1. The number of hydroxylamine groups is 2. The number of hydrogen-bond donors (Lipinski definition) is 2. The first-order valence-corrected chi connectivity index (χ1v) is 7.90. The molecule has 0 aliphatic carbocycles. The van der Waals surface area contributed by atoms with E-state index in [4.69, 9.17) is 0 Å². The lowest BCUT2D eigenvalue weighted by Gasteiger charge is -2.21. The third kappa shape index (κ3) is 3.28. The van der Waals surface area contributed by atoms with Gasteiger partial charge in [0.05, 0.1) is 11.7 Å². The summed E-state index contributed by atoms with van der Waals surface area (Å²) in [6.45, 7) is 2.51. The lowest BCUT2D eigenvalue weighted by molar-refractivity contribution is -0.146. The quantitative estimate of drug-likeness (QED) is 0.907. The molecule has 1 aliphatic rings. The Morgan fingerprint density at radius 2 is 2.09 bits per heavy atom. The molecule has 1 amide bonds. The minimum Gasteiger partial charge on any atom is -0.348 e. The van der Waals surface area contributed by atoms with Crippen molar-refractivity contribution in [3.63, 3.8) is 0 Å². The van der Waals surface area contributed by atoms with E-state index in [9.17, 15) is 10.0 Å². The summed E-state index contributed by atoms with van der Waals surface area (Å²) in [7, 11) is 1.91. The van der Waals surface area contributed by atoms with Gasteiger partial charge in [-0.1, -0.05) is 24.3 Å². The predicted octanol–water partition coefficient (Wildman–Crippen LogP) is 2.12. The van der Waals surface area contributed by atoms with Crippen LogP contribution in [0.2, 0.25) is 0 Å². The summed E-state index contributed by atoms with van der Waals surface area (Å²) in [4.78, 5) is 12.2. The van der Waals surface area contributed by atoms with E-state index in [1.54, 1.807) is 6.20 Å². The summed E-state index contributed by atoms with van der Waals surface area (Å²) in [5, 5.41) is 18.0. The Balaban J connectivity index is 1.67. The van der Waals surface area contributed by atoms with Gasteiger partial charge in [0.1, 0.15) is 6.04 Å². The maximum atomic E-state index is 12.2. The van der Waals surface area contributed by atoms with Gasteiger partial charge in [-0.25, -0.2) is 0 Å². The van der Waals surface area contributed by atoms with Gasteiger partial charge in [0.15, 0.2) is 0 Å². The maximum absolute atomic E-state index is 12.2. The van der Waals surface area contributed by atoms with Gasteiger partial charge in [-0.05, 0) is 37.0 Å². The van der Waals surface area contributed by atoms with Crippen molar-refractivity contribution in [2.75, 3.05) is 6.54 Å². The van der Waals surface area contributed by atoms with Crippen molar-refractivity contribution in [3.8, 4) is 11.3 Å². The van der Waals surface area contributed by atoms with Crippen molar-refractivity contribution in [1.82, 2.24) is 20.2 Å². The van der Waals surface area contributed by atoms with Crippen molar-refractivity contribution in [3.05, 3.63) is 42.1 Å². The molecule has 122 valence electrons. The Labute approximate surface area is 135 Å². The fraction of sp³-hybridized carbons (Fsp3) is 0.412. The van der Waals surface area contributed by atoms with Crippen LogP contribution in [0.15, 0.2) is 36.5 Å². The highest BCUT2D eigenvalue weighted by Gasteiger charge is 2.30. The molecule has 2 heterocycles. The highest BCUT2D eigenvalue weighted by atomic mass is 16.5. The van der Waals surface area contributed by atoms with Gasteiger partial charge in [-0.3, -0.25) is 9.48 Å². The van der Waals surface area contributed by atoms with Gasteiger partial charge in [0.2, 0.25) is 5.91 Å². The first-order chi connectivity index (χ1) is 11.1. The van der Waals surface area contributed by atoms with Crippen LogP contribution in [0.3, 0.4) is 0 Å². The summed E-state index contributed by atoms with van der Waals surface area (Å²) < 4.78 is 1.83. The van der Waals surface area contributed by atoms with E-state index >= 15 is 0 Å². The topological polar surface area (TPSA) is 70.4 Å². The number of hydrogen-bond acceptors (Lipinski definition) is 4. The van der Waals surface area contributed by atoms with Gasteiger partial charge >= 0.3 is 0 Å². The zero-order valence-electron chi connectivity index (χ0n) is 13.4. The standard InChI is InChI=1S/C17H22N4O2/c1-12(19-17(22)16-4-3-11-21(16)23)13-5-7-14(8-6-13)15-9-10-18-20(15)2/h5-10,12,16,23H,3-4,11H2,1-2H3,(H,19,22)/t12-,16?/m0/s1. The average Bonchev–Trinajstić information content (AvgIpc) is 3.15. The number of benzene rings is 1. The van der Waals surface area contributed by atoms with Crippen molar-refractivity contribution in [2.45, 2.75) is 31.8 Å². The average molecular weight is 314 g/mol. The highest BCUT2D eigenvalue weighted by molar-refractivity contribution is 5.82. The lowest BCUT2D eigenvalue weighted by atomic mass is 10.0. The Morgan fingerprint density at radius 3 is 2.65 bits per heavy atom. The molecule has 2 aromatic rings. The second-order valence-electron chi connectivity index (χ2n) is 6.01. The first-order valence-electron chi connectivity index (χ1n) is 7.90. The van der Waals surface area contributed by atoms with Crippen molar-refractivity contribution < 1.29 is 10.0 Å². The van der Waals surface area contributed by atoms with Gasteiger partial charge < -0.3 is 10.5 Å². The highest BCUT2D eigenvalue weighted by Crippen LogP contribution is 2.22. The zero-order chi connectivity index (χ0) is 16.4. The molecule has 1 aromatic carbocycles. The van der Waals surface area contributed by atoms with Gasteiger partial charge in [0, 0.05) is 19.8 Å². The van der Waals surface area contributed by atoms with E-state index in [0.717, 1.165) is 28.3 Å². The molecule has 1 fully saturated rings. The molecule has 0 radical (unpaired) electrons. The predicted molar refractivity (Wildman–Crippen MR) is 86.7 cm³/mol. The summed E-state index contributed by atoms with van der Waals surface area (Å²) in [5.41, 5.74) is 3.17. The SMILES string of the molecule is C[C@H](NC(=O)C1CCCN1O)c1ccc(-c2ccnn2C)cc1. The first kappa shape index (κ1) is 15.7. The zero-order valence-corrected chi connectivity index (χ0v) is 13.4. The van der Waals surface area contributed by atoms with E-state index in [-0.39, 0.29) is 11.9 Å². The Hall–Kier alpha value is -2.18. The van der Waals surface area contributed by atoms with Crippen LogP contribution in [0, 0.1) is 0 Å². The van der Waals surface area contributed by atoms with Crippen LogP contribution in [-0.4, -0.2) is 38.5 Å². The molecule has 2 atom stereocenters. The third-order valence-corrected chi connectivity index (χ3v) is 4.41. The molecular weight excluding hydrogens is 292 g/mol. The van der Waals surface area contributed by atoms with E-state index in [0.29, 0.717) is 13.0 Å². The molecule has 6 heteroatoms. The summed E-state index contributed by atoms with van der Waals surface area (Å²) in [6.07, 6.45) is 3.32. The second kappa shape index (κ2) is 6.52. The molecule has 2 N–H and O–H groups in total. The van der Waals surface area contributed by atoms with Crippen molar-refractivity contribution in [1.29, 1.82) is 0 Å². The molecule has 6 nitrogen and oxygen atoms in total. The van der Waals surface area contributed by atoms with Gasteiger partial charge in [0.25, 0.3) is 0 Å². The van der Waals surface area contributed by atoms with Crippen LogP contribution in [0.25, 0.3) is 11.3 Å². The fourth-order valence-corrected chi connectivity index (χ4v) is 3.01. The number of nitrogens with one attached hydrogen (secondary N) is 1. The molecule has 23 heavy (non-hydrogen) atoms. The number of aromatic nitrogens is 2. The Kier molecular flexibility index (Phi) is 4.45. The molecule has 1 aromatic heterocycles. The number of nitrogens with zero attached hydrogens (tertiary/aromatic N) is 3. The summed E-state index contributed by atoms with van der Waals surface area (Å²) in [6, 6.07) is 9.53. The molecule has 1 aliphatic heterocycles. The number of carbonyl (C=O) groups excluding carboxylic acids is 1. The van der Waals surface area contributed by atoms with Crippen LogP contribution in [0.4, 0.5) is 0 Å². The smallest absolute Gasteiger partial charge is 0.240 e. The van der Waals surface area contributed by atoms with Crippen LogP contribution in [0.1, 0.15) is 31.4 Å². The molecule has 0 spiro atoms. The van der Waals surface area contributed by atoms with Crippen molar-refractivity contribution in [2.24, 2.45) is 7.05 Å². The molecule has 3 rings (SSSR count). The lowest BCUT2D eigenvalue weighted by Crippen LogP contribution is -2.42. The number of carbonyl (C=O) groups is 1. The molecule has 0 bridgehead atoms. The van der Waals surface area contributed by atoms with Crippen molar-refractivity contribution >= 4 is 5.91 Å². The Bertz CT molecular complexity index is 680. The monoisotopic (exact) mass is 314 g/mol. The van der Waals surface area contributed by atoms with Crippen LogP contribution < -0.4 is 5.32 Å². The number of amides is 1. The van der Waals surface area contributed by atoms with Crippen LogP contribution >= 0.6 is 0 Å². The Morgan fingerprint density at radius 1 is 1.35 bits per heavy atom. The van der Waals surface area contributed by atoms with Gasteiger partial charge in [-0.2, -0.15) is 10.2 Å². The van der Waals surface area contributed by atoms with Crippen LogP contribution in [0.5, 0.6) is 0 Å². The largest absolute Gasteiger partial charge is 0.348 e. The third-order valence-electron chi connectivity index (χ3n) is 4.41. The molecular formula is C17H22N4O2. The van der Waals surface area contributed by atoms with E-state index < -0.39 is 6.04 Å². The van der Waals surface area contributed by atoms with E-state index in [1.807, 2.05) is 49.0 Å². The minimum absolute atomic E-state index is 0.0999. The maximum Gasteiger partial charge on any atom is 0.240 e. The van der Waals surface area contributed by atoms with Gasteiger partial charge in [-0.15, -0.1) is 0 Å². The summed E-state index contributed by atoms with van der Waals surface area (Å²) >= 11 is 0.